The molecular formula is C10H17NO4. The van der Waals surface area contributed by atoms with Crippen molar-refractivity contribution in [1.82, 2.24) is 4.90 Å². The first-order valence-corrected chi connectivity index (χ1v) is 4.73. The highest BCUT2D eigenvalue weighted by Crippen LogP contribution is 2.06. The third kappa shape index (κ3) is 4.01. The Morgan fingerprint density at radius 3 is 2.00 bits per heavy atom. The van der Waals surface area contributed by atoms with Crippen LogP contribution in [0.3, 0.4) is 0 Å². The molecule has 0 spiro atoms. The molecule has 0 unspecified atom stereocenters. The molecule has 5 nitrogen and oxygen atoms in total. The Morgan fingerprint density at radius 1 is 1.13 bits per heavy atom. The number of esters is 2. The van der Waals surface area contributed by atoms with Crippen molar-refractivity contribution >= 4 is 11.9 Å². The first-order valence-electron chi connectivity index (χ1n) is 4.73. The molecule has 86 valence electrons. The number of likely N-dealkylation sites (N-methyl/N-ethyl adjacent to an activating group) is 1. The van der Waals surface area contributed by atoms with Crippen molar-refractivity contribution in [2.75, 3.05) is 27.3 Å². The van der Waals surface area contributed by atoms with E-state index in [4.69, 9.17) is 0 Å². The highest BCUT2D eigenvalue weighted by Gasteiger charge is 2.17. The van der Waals surface area contributed by atoms with Crippen LogP contribution in [0.4, 0.5) is 0 Å². The van der Waals surface area contributed by atoms with E-state index >= 15 is 0 Å². The molecule has 0 bridgehead atoms. The second kappa shape index (κ2) is 6.86. The van der Waals surface area contributed by atoms with Crippen molar-refractivity contribution in [3.63, 3.8) is 0 Å². The Hall–Kier alpha value is -1.52. The number of hydrogen-bond donors (Lipinski definition) is 0. The van der Waals surface area contributed by atoms with Gasteiger partial charge < -0.3 is 14.4 Å². The van der Waals surface area contributed by atoms with E-state index in [1.165, 1.54) is 14.2 Å². The van der Waals surface area contributed by atoms with Gasteiger partial charge in [0.1, 0.15) is 5.70 Å². The smallest absolute Gasteiger partial charge is 0.354 e. The molecule has 0 aliphatic carbocycles. The summed E-state index contributed by atoms with van der Waals surface area (Å²) in [5.74, 6) is -1.11. The summed E-state index contributed by atoms with van der Waals surface area (Å²) < 4.78 is 9.05. The van der Waals surface area contributed by atoms with Crippen LogP contribution in [0.25, 0.3) is 0 Å². The molecule has 0 saturated heterocycles. The average Bonchev–Trinajstić information content (AvgIpc) is 2.27. The van der Waals surface area contributed by atoms with E-state index in [1.54, 1.807) is 4.90 Å². The average molecular weight is 215 g/mol. The Bertz CT molecular complexity index is 256. The third-order valence-corrected chi connectivity index (χ3v) is 1.95. The molecule has 0 aromatic rings. The number of methoxy groups -OCH3 is 2. The standard InChI is InChI=1S/C10H17NO4/c1-5-11(6-2)8(10(13)15-4)7-9(12)14-3/h7H,5-6H2,1-4H3. The molecule has 15 heavy (non-hydrogen) atoms. The monoisotopic (exact) mass is 215 g/mol. The molecule has 0 saturated carbocycles. The van der Waals surface area contributed by atoms with Crippen LogP contribution in [0, 0.1) is 0 Å². The minimum absolute atomic E-state index is 0.217. The molecule has 0 aliphatic heterocycles. The lowest BCUT2D eigenvalue weighted by molar-refractivity contribution is -0.140. The number of carbonyl (C=O) groups is 2. The summed E-state index contributed by atoms with van der Waals surface area (Å²) in [6.07, 6.45) is 1.14. The van der Waals surface area contributed by atoms with Gasteiger partial charge in [0.15, 0.2) is 0 Å². The van der Waals surface area contributed by atoms with Gasteiger partial charge in [0, 0.05) is 13.1 Å². The molecule has 0 fully saturated rings. The minimum atomic E-state index is -0.567. The van der Waals surface area contributed by atoms with Gasteiger partial charge in [-0.1, -0.05) is 0 Å². The van der Waals surface area contributed by atoms with Gasteiger partial charge in [-0.15, -0.1) is 0 Å². The maximum atomic E-state index is 11.4. The topological polar surface area (TPSA) is 55.8 Å². The lowest BCUT2D eigenvalue weighted by Crippen LogP contribution is -2.29. The van der Waals surface area contributed by atoms with Crippen molar-refractivity contribution in [1.29, 1.82) is 0 Å². The number of hydrogen-bond acceptors (Lipinski definition) is 5. The molecular weight excluding hydrogens is 198 g/mol. The van der Waals surface area contributed by atoms with Gasteiger partial charge in [-0.25, -0.2) is 9.59 Å². The second-order valence-corrected chi connectivity index (χ2v) is 2.72. The second-order valence-electron chi connectivity index (χ2n) is 2.72. The van der Waals surface area contributed by atoms with E-state index in [0.717, 1.165) is 6.08 Å². The van der Waals surface area contributed by atoms with E-state index in [0.29, 0.717) is 13.1 Å². The normalized spacial score (nSPS) is 10.8. The van der Waals surface area contributed by atoms with Gasteiger partial charge in [0.2, 0.25) is 0 Å². The van der Waals surface area contributed by atoms with E-state index in [2.05, 4.69) is 9.47 Å². The summed E-state index contributed by atoms with van der Waals surface area (Å²) in [5.41, 5.74) is 0.217. The summed E-state index contributed by atoms with van der Waals surface area (Å²) in [6, 6.07) is 0. The minimum Gasteiger partial charge on any atom is -0.466 e. The van der Waals surface area contributed by atoms with E-state index in [9.17, 15) is 9.59 Å². The Labute approximate surface area is 89.6 Å². The van der Waals surface area contributed by atoms with Gasteiger partial charge in [0.25, 0.3) is 0 Å². The van der Waals surface area contributed by atoms with Gasteiger partial charge in [-0.3, -0.25) is 0 Å². The number of rotatable bonds is 5. The molecule has 5 heteroatoms. The molecule has 0 rings (SSSR count). The third-order valence-electron chi connectivity index (χ3n) is 1.95. The van der Waals surface area contributed by atoms with Crippen molar-refractivity contribution in [2.24, 2.45) is 0 Å². The Kier molecular flexibility index (Phi) is 6.17. The Balaban J connectivity index is 4.94. The first kappa shape index (κ1) is 13.5. The lowest BCUT2D eigenvalue weighted by atomic mass is 10.3. The Morgan fingerprint density at radius 2 is 1.67 bits per heavy atom. The maximum Gasteiger partial charge on any atom is 0.354 e. The molecule has 0 atom stereocenters. The van der Waals surface area contributed by atoms with E-state index in [1.807, 2.05) is 13.8 Å². The predicted molar refractivity (Wildman–Crippen MR) is 55.0 cm³/mol. The lowest BCUT2D eigenvalue weighted by Gasteiger charge is -2.21. The maximum absolute atomic E-state index is 11.4. The predicted octanol–water partition coefficient (Wildman–Crippen LogP) is 0.558. The van der Waals surface area contributed by atoms with Crippen molar-refractivity contribution < 1.29 is 19.1 Å². The fourth-order valence-corrected chi connectivity index (χ4v) is 1.12. The van der Waals surface area contributed by atoms with Crippen LogP contribution in [0.5, 0.6) is 0 Å². The number of carbonyl (C=O) groups excluding carboxylic acids is 2. The molecule has 0 aromatic carbocycles. The molecule has 0 radical (unpaired) electrons. The molecule has 0 amide bonds. The fraction of sp³-hybridized carbons (Fsp3) is 0.600. The van der Waals surface area contributed by atoms with Gasteiger partial charge >= 0.3 is 11.9 Å². The van der Waals surface area contributed by atoms with Crippen LogP contribution in [0.15, 0.2) is 11.8 Å². The molecule has 0 aliphatic rings. The van der Waals surface area contributed by atoms with Gasteiger partial charge in [-0.05, 0) is 13.8 Å². The van der Waals surface area contributed by atoms with Gasteiger partial charge in [0.05, 0.1) is 20.3 Å². The summed E-state index contributed by atoms with van der Waals surface area (Å²) in [5, 5.41) is 0. The summed E-state index contributed by atoms with van der Waals surface area (Å²) in [4.78, 5) is 24.2. The zero-order chi connectivity index (χ0) is 11.8. The summed E-state index contributed by atoms with van der Waals surface area (Å²) in [6.45, 7) is 5.01. The molecule has 0 N–H and O–H groups in total. The van der Waals surface area contributed by atoms with Crippen LogP contribution in [-0.2, 0) is 19.1 Å². The van der Waals surface area contributed by atoms with Gasteiger partial charge in [-0.2, -0.15) is 0 Å². The largest absolute Gasteiger partial charge is 0.466 e. The number of nitrogens with zero attached hydrogens (tertiary/aromatic N) is 1. The highest BCUT2D eigenvalue weighted by atomic mass is 16.5. The van der Waals surface area contributed by atoms with Crippen LogP contribution in [-0.4, -0.2) is 44.1 Å². The molecule has 0 aromatic heterocycles. The fourth-order valence-electron chi connectivity index (χ4n) is 1.12. The molecule has 0 heterocycles. The first-order chi connectivity index (χ1) is 7.10. The zero-order valence-corrected chi connectivity index (χ0v) is 9.57. The SMILES string of the molecule is CCN(CC)C(=CC(=O)OC)C(=O)OC. The zero-order valence-electron chi connectivity index (χ0n) is 9.57. The van der Waals surface area contributed by atoms with Crippen LogP contribution < -0.4 is 0 Å². The van der Waals surface area contributed by atoms with Crippen LogP contribution >= 0.6 is 0 Å². The quantitative estimate of drug-likeness (QED) is 0.495. The van der Waals surface area contributed by atoms with Crippen molar-refractivity contribution in [3.05, 3.63) is 11.8 Å². The van der Waals surface area contributed by atoms with Crippen molar-refractivity contribution in [3.8, 4) is 0 Å². The number of ether oxygens (including phenoxy) is 2. The van der Waals surface area contributed by atoms with Crippen LogP contribution in [0.2, 0.25) is 0 Å². The highest BCUT2D eigenvalue weighted by molar-refractivity contribution is 5.95. The van der Waals surface area contributed by atoms with E-state index < -0.39 is 11.9 Å². The van der Waals surface area contributed by atoms with E-state index in [-0.39, 0.29) is 5.70 Å². The summed E-state index contributed by atoms with van der Waals surface area (Å²) >= 11 is 0. The van der Waals surface area contributed by atoms with Crippen molar-refractivity contribution in [2.45, 2.75) is 13.8 Å². The van der Waals surface area contributed by atoms with Crippen LogP contribution in [0.1, 0.15) is 13.8 Å². The summed E-state index contributed by atoms with van der Waals surface area (Å²) in [7, 11) is 2.53.